The van der Waals surface area contributed by atoms with E-state index < -0.39 is 5.97 Å². The Labute approximate surface area is 108 Å². The molecule has 6 heteroatoms. The molecule has 0 spiro atoms. The van der Waals surface area contributed by atoms with Crippen molar-refractivity contribution >= 4 is 35.2 Å². The highest BCUT2D eigenvalue weighted by atomic mass is 32.2. The second-order valence-corrected chi connectivity index (χ2v) is 3.99. The summed E-state index contributed by atoms with van der Waals surface area (Å²) in [6.45, 7) is 2.06. The van der Waals surface area contributed by atoms with E-state index in [1.54, 1.807) is 25.4 Å². The zero-order valence-electron chi connectivity index (χ0n) is 10.0. The molecule has 0 amide bonds. The molecule has 18 heavy (non-hydrogen) atoms. The molecule has 5 nitrogen and oxygen atoms in total. The number of carbonyl (C=O) groups is 1. The summed E-state index contributed by atoms with van der Waals surface area (Å²) in [5.74, 6) is -0.312. The van der Waals surface area contributed by atoms with Crippen molar-refractivity contribution in [1.82, 2.24) is 4.98 Å². The molecule has 94 valence electrons. The Kier molecular flexibility index (Phi) is 3.99. The summed E-state index contributed by atoms with van der Waals surface area (Å²) < 4.78 is 14.2. The van der Waals surface area contributed by atoms with Crippen LogP contribution in [0.15, 0.2) is 27.1 Å². The van der Waals surface area contributed by atoms with Crippen LogP contribution in [-0.4, -0.2) is 30.0 Å². The van der Waals surface area contributed by atoms with Gasteiger partial charge in [0.15, 0.2) is 0 Å². The Bertz CT molecular complexity index is 592. The van der Waals surface area contributed by atoms with E-state index in [0.29, 0.717) is 12.3 Å². The summed E-state index contributed by atoms with van der Waals surface area (Å²) in [5, 5.41) is 0.753. The van der Waals surface area contributed by atoms with Crippen LogP contribution in [0.3, 0.4) is 0 Å². The van der Waals surface area contributed by atoms with E-state index in [2.05, 4.69) is 9.38 Å². The van der Waals surface area contributed by atoms with Crippen LogP contribution < -0.4 is 0 Å². The van der Waals surface area contributed by atoms with Gasteiger partial charge in [0.25, 0.3) is 0 Å². The van der Waals surface area contributed by atoms with E-state index in [9.17, 15) is 4.79 Å². The van der Waals surface area contributed by atoms with Gasteiger partial charge in [-0.15, -0.1) is 0 Å². The van der Waals surface area contributed by atoms with Crippen molar-refractivity contribution in [3.63, 3.8) is 0 Å². The minimum atomic E-state index is -0.477. The van der Waals surface area contributed by atoms with Crippen LogP contribution in [0, 0.1) is 0 Å². The second-order valence-electron chi connectivity index (χ2n) is 3.41. The van der Waals surface area contributed by atoms with Gasteiger partial charge in [-0.05, 0) is 24.9 Å². The Morgan fingerprint density at radius 3 is 3.17 bits per heavy atom. The third-order valence-corrected chi connectivity index (χ3v) is 2.49. The Morgan fingerprint density at radius 1 is 1.61 bits per heavy atom. The summed E-state index contributed by atoms with van der Waals surface area (Å²) in [4.78, 5) is 15.6. The summed E-state index contributed by atoms with van der Waals surface area (Å²) >= 11 is 1.36. The number of hydrogen-bond acceptors (Lipinski definition) is 6. The minimum Gasteiger partial charge on any atom is -0.460 e. The minimum absolute atomic E-state index is 0.165. The van der Waals surface area contributed by atoms with E-state index in [-0.39, 0.29) is 5.76 Å². The molecule has 0 atom stereocenters. The molecule has 0 fully saturated rings. The van der Waals surface area contributed by atoms with Gasteiger partial charge in [0, 0.05) is 35.7 Å². The second kappa shape index (κ2) is 5.68. The number of ether oxygens (including phenoxy) is 1. The number of carbonyl (C=O) groups excluding carboxylic acids is 1. The van der Waals surface area contributed by atoms with Crippen molar-refractivity contribution in [1.29, 1.82) is 0 Å². The predicted octanol–water partition coefficient (Wildman–Crippen LogP) is 2.70. The van der Waals surface area contributed by atoms with Gasteiger partial charge >= 0.3 is 5.97 Å². The maximum atomic E-state index is 11.5. The molecule has 0 saturated heterocycles. The zero-order chi connectivity index (χ0) is 13.0. The van der Waals surface area contributed by atoms with Gasteiger partial charge in [0.05, 0.1) is 6.61 Å². The van der Waals surface area contributed by atoms with Crippen LogP contribution in [0.25, 0.3) is 11.1 Å². The standard InChI is InChI=1S/C12H12N2O3S/c1-3-16-12(15)10-5-9-4-8(7-14-18-2)6-13-11(9)17-10/h4-7H,3H2,1-2H3. The van der Waals surface area contributed by atoms with Gasteiger partial charge in [-0.1, -0.05) is 0 Å². The molecule has 0 aliphatic carbocycles. The van der Waals surface area contributed by atoms with Crippen LogP contribution in [0.4, 0.5) is 0 Å². The molecule has 2 rings (SSSR count). The van der Waals surface area contributed by atoms with Gasteiger partial charge in [-0.2, -0.15) is 0 Å². The van der Waals surface area contributed by atoms with E-state index >= 15 is 0 Å². The monoisotopic (exact) mass is 264 g/mol. The molecule has 2 aromatic heterocycles. The number of furan rings is 1. The van der Waals surface area contributed by atoms with E-state index in [4.69, 9.17) is 9.15 Å². The lowest BCUT2D eigenvalue weighted by Crippen LogP contribution is -2.02. The first kappa shape index (κ1) is 12.6. The molecular formula is C12H12N2O3S. The molecule has 0 aromatic carbocycles. The number of fused-ring (bicyclic) bond motifs is 1. The van der Waals surface area contributed by atoms with Crippen molar-refractivity contribution in [2.45, 2.75) is 6.92 Å². The molecule has 2 heterocycles. The van der Waals surface area contributed by atoms with Gasteiger partial charge in [-0.25, -0.2) is 14.2 Å². The van der Waals surface area contributed by atoms with Crippen molar-refractivity contribution in [3.8, 4) is 0 Å². The van der Waals surface area contributed by atoms with E-state index in [1.165, 1.54) is 11.9 Å². The largest absolute Gasteiger partial charge is 0.460 e. The molecule has 2 aromatic rings. The fourth-order valence-corrected chi connectivity index (χ4v) is 1.66. The van der Waals surface area contributed by atoms with Gasteiger partial charge in [0.1, 0.15) is 0 Å². The summed E-state index contributed by atoms with van der Waals surface area (Å²) in [5.41, 5.74) is 1.27. The first-order chi connectivity index (χ1) is 8.74. The van der Waals surface area contributed by atoms with Crippen molar-refractivity contribution in [2.24, 2.45) is 4.40 Å². The van der Waals surface area contributed by atoms with Gasteiger partial charge in [-0.3, -0.25) is 0 Å². The topological polar surface area (TPSA) is 64.7 Å². The van der Waals surface area contributed by atoms with Crippen LogP contribution in [0.2, 0.25) is 0 Å². The third kappa shape index (κ3) is 2.70. The third-order valence-electron chi connectivity index (χ3n) is 2.18. The maximum Gasteiger partial charge on any atom is 0.374 e. The SMILES string of the molecule is CCOC(=O)c1cc2cc(C=NSC)cnc2o1. The number of rotatable bonds is 4. The van der Waals surface area contributed by atoms with Gasteiger partial charge in [0.2, 0.25) is 11.5 Å². The van der Waals surface area contributed by atoms with E-state index in [1.807, 2.05) is 12.3 Å². The average Bonchev–Trinajstić information content (AvgIpc) is 2.79. The molecule has 0 saturated carbocycles. The molecule has 0 aliphatic heterocycles. The van der Waals surface area contributed by atoms with Crippen LogP contribution >= 0.6 is 11.9 Å². The predicted molar refractivity (Wildman–Crippen MR) is 71.1 cm³/mol. The molecule has 0 aliphatic rings. The molecule has 0 radical (unpaired) electrons. The van der Waals surface area contributed by atoms with Crippen LogP contribution in [-0.2, 0) is 4.74 Å². The fraction of sp³-hybridized carbons (Fsp3) is 0.250. The lowest BCUT2D eigenvalue weighted by atomic mass is 10.2. The van der Waals surface area contributed by atoms with Crippen molar-refractivity contribution in [2.75, 3.05) is 12.9 Å². The normalized spacial score (nSPS) is 11.2. The van der Waals surface area contributed by atoms with Crippen LogP contribution in [0.5, 0.6) is 0 Å². The highest BCUT2D eigenvalue weighted by molar-refractivity contribution is 7.97. The number of nitrogens with zero attached hydrogens (tertiary/aromatic N) is 2. The maximum absolute atomic E-state index is 11.5. The summed E-state index contributed by atoms with van der Waals surface area (Å²) in [6.07, 6.45) is 5.22. The number of esters is 1. The molecule has 0 bridgehead atoms. The molecule has 0 unspecified atom stereocenters. The quantitative estimate of drug-likeness (QED) is 0.482. The van der Waals surface area contributed by atoms with Crippen molar-refractivity contribution < 1.29 is 13.9 Å². The first-order valence-electron chi connectivity index (χ1n) is 5.38. The van der Waals surface area contributed by atoms with Crippen molar-refractivity contribution in [3.05, 3.63) is 29.7 Å². The Morgan fingerprint density at radius 2 is 2.44 bits per heavy atom. The average molecular weight is 264 g/mol. The van der Waals surface area contributed by atoms with Crippen LogP contribution in [0.1, 0.15) is 23.0 Å². The number of pyridine rings is 1. The van der Waals surface area contributed by atoms with E-state index in [0.717, 1.165) is 10.9 Å². The molecule has 0 N–H and O–H groups in total. The Hall–Kier alpha value is -1.82. The highest BCUT2D eigenvalue weighted by Gasteiger charge is 2.13. The summed E-state index contributed by atoms with van der Waals surface area (Å²) in [7, 11) is 0. The Balaban J connectivity index is 2.33. The fourth-order valence-electron chi connectivity index (χ4n) is 1.44. The lowest BCUT2D eigenvalue weighted by Gasteiger charge is -1.95. The zero-order valence-corrected chi connectivity index (χ0v) is 10.9. The summed E-state index contributed by atoms with van der Waals surface area (Å²) in [6, 6.07) is 3.48. The first-order valence-corrected chi connectivity index (χ1v) is 6.56. The molecular weight excluding hydrogens is 252 g/mol. The van der Waals surface area contributed by atoms with Gasteiger partial charge < -0.3 is 9.15 Å². The number of aromatic nitrogens is 1. The lowest BCUT2D eigenvalue weighted by molar-refractivity contribution is 0.0492. The smallest absolute Gasteiger partial charge is 0.374 e. The number of hydrogen-bond donors (Lipinski definition) is 0. The highest BCUT2D eigenvalue weighted by Crippen LogP contribution is 2.18.